The highest BCUT2D eigenvalue weighted by atomic mass is 19.4. The normalized spacial score (nSPS) is 18.7. The van der Waals surface area contributed by atoms with Gasteiger partial charge in [-0.1, -0.05) is 6.07 Å². The van der Waals surface area contributed by atoms with Crippen molar-refractivity contribution in [2.75, 3.05) is 29.0 Å². The van der Waals surface area contributed by atoms with Gasteiger partial charge in [-0.3, -0.25) is 14.6 Å². The number of benzene rings is 2. The molecule has 1 aromatic heterocycles. The first-order valence-corrected chi connectivity index (χ1v) is 13.1. The summed E-state index contributed by atoms with van der Waals surface area (Å²) in [5, 5.41) is 6.59. The first kappa shape index (κ1) is 26.9. The maximum Gasteiger partial charge on any atom is 0.413 e. The summed E-state index contributed by atoms with van der Waals surface area (Å²) in [5.41, 5.74) is 3.44. The first-order chi connectivity index (χ1) is 19.4. The van der Waals surface area contributed by atoms with Gasteiger partial charge in [0.1, 0.15) is 11.4 Å². The van der Waals surface area contributed by atoms with Crippen LogP contribution in [-0.2, 0) is 0 Å². The molecule has 3 aliphatic rings. The average Bonchev–Trinajstić information content (AvgIpc) is 3.82. The molecule has 2 aliphatic carbocycles. The molecule has 3 fully saturated rings. The maximum absolute atomic E-state index is 14.4. The van der Waals surface area contributed by atoms with Crippen LogP contribution in [0, 0.1) is 17.0 Å². The summed E-state index contributed by atoms with van der Waals surface area (Å²) in [6.45, 7) is 1.24. The minimum absolute atomic E-state index is 0.116. The van der Waals surface area contributed by atoms with E-state index >= 15 is 0 Å². The van der Waals surface area contributed by atoms with E-state index < -0.39 is 40.5 Å². The zero-order valence-electron chi connectivity index (χ0n) is 21.6. The third-order valence-electron chi connectivity index (χ3n) is 8.08. The molecule has 1 aliphatic heterocycles. The van der Waals surface area contributed by atoms with Gasteiger partial charge in [0.05, 0.1) is 11.4 Å². The monoisotopic (exact) mass is 572 g/mol. The van der Waals surface area contributed by atoms with Gasteiger partial charge >= 0.3 is 6.18 Å². The average molecular weight is 573 g/mol. The molecular weight excluding hydrogens is 547 g/mol. The van der Waals surface area contributed by atoms with Crippen LogP contribution in [0.3, 0.4) is 0 Å². The second-order valence-electron chi connectivity index (χ2n) is 10.9. The number of nitrogens with one attached hydrogen (secondary N) is 1. The highest BCUT2D eigenvalue weighted by Crippen LogP contribution is 2.55. The van der Waals surface area contributed by atoms with Gasteiger partial charge in [-0.25, -0.2) is 8.78 Å². The summed E-state index contributed by atoms with van der Waals surface area (Å²) in [7, 11) is 0. The molecule has 0 radical (unpaired) electrons. The number of rotatable bonds is 6. The minimum Gasteiger partial charge on any atom is -0.398 e. The zero-order chi connectivity index (χ0) is 29.2. The first-order valence-electron chi connectivity index (χ1n) is 13.1. The van der Waals surface area contributed by atoms with E-state index in [9.17, 15) is 31.5 Å². The number of nitrogen functional groups attached to an aromatic ring is 1. The van der Waals surface area contributed by atoms with E-state index in [0.29, 0.717) is 23.5 Å². The number of aromatic nitrogens is 2. The van der Waals surface area contributed by atoms with Crippen molar-refractivity contribution >= 4 is 29.2 Å². The van der Waals surface area contributed by atoms with Crippen LogP contribution in [0.5, 0.6) is 0 Å². The summed E-state index contributed by atoms with van der Waals surface area (Å²) in [6.07, 6.45) is -0.636. The SMILES string of the molecule is Nc1ccc(NC(=O)c2ccc(=O)n(-c3c(F)cccc3F)n2)c(N2CCC3(CC3)C2)c1C=NC1(C(F)(F)F)CC1. The van der Waals surface area contributed by atoms with Gasteiger partial charge in [0.2, 0.25) is 0 Å². The van der Waals surface area contributed by atoms with Gasteiger partial charge in [0.25, 0.3) is 11.5 Å². The molecule has 0 bridgehead atoms. The molecule has 13 heteroatoms. The standard InChI is InChI=1S/C28H25F5N6O2/c29-17-2-1-3-18(30)24(17)39-22(40)7-6-21(37-39)25(41)36-20-5-4-19(34)16(14-35-27(10-11-27)28(31,32)33)23(20)38-13-12-26(15-38)8-9-26/h1-7,14H,8-13,15,34H2,(H,36,41). The van der Waals surface area contributed by atoms with E-state index in [1.165, 1.54) is 12.1 Å². The van der Waals surface area contributed by atoms with Gasteiger partial charge < -0.3 is 16.0 Å². The third-order valence-corrected chi connectivity index (χ3v) is 8.08. The largest absolute Gasteiger partial charge is 0.413 e. The van der Waals surface area contributed by atoms with E-state index in [1.54, 1.807) is 0 Å². The summed E-state index contributed by atoms with van der Waals surface area (Å²) in [5.74, 6) is -2.90. The predicted octanol–water partition coefficient (Wildman–Crippen LogP) is 4.85. The Morgan fingerprint density at radius 1 is 1.00 bits per heavy atom. The van der Waals surface area contributed by atoms with Crippen LogP contribution in [0.1, 0.15) is 48.2 Å². The number of hydrogen-bond acceptors (Lipinski definition) is 6. The minimum atomic E-state index is -4.50. The number of amides is 1. The van der Waals surface area contributed by atoms with Crippen molar-refractivity contribution in [2.24, 2.45) is 10.4 Å². The van der Waals surface area contributed by atoms with Gasteiger partial charge in [-0.15, -0.1) is 0 Å². The molecule has 3 aromatic rings. The molecule has 0 unspecified atom stereocenters. The molecule has 41 heavy (non-hydrogen) atoms. The van der Waals surface area contributed by atoms with Crippen LogP contribution in [0.15, 0.2) is 52.3 Å². The van der Waals surface area contributed by atoms with Crippen LogP contribution in [0.2, 0.25) is 0 Å². The number of halogens is 5. The Morgan fingerprint density at radius 3 is 2.32 bits per heavy atom. The lowest BCUT2D eigenvalue weighted by Crippen LogP contribution is -2.29. The van der Waals surface area contributed by atoms with Crippen LogP contribution in [-0.4, -0.2) is 46.7 Å². The van der Waals surface area contributed by atoms with E-state index in [2.05, 4.69) is 15.4 Å². The van der Waals surface area contributed by atoms with Crippen molar-refractivity contribution < 1.29 is 26.7 Å². The Labute approximate surface area is 230 Å². The van der Waals surface area contributed by atoms with E-state index in [1.807, 2.05) is 4.90 Å². The molecule has 8 nitrogen and oxygen atoms in total. The summed E-state index contributed by atoms with van der Waals surface area (Å²) < 4.78 is 70.0. The molecular formula is C28H25F5N6O2. The Kier molecular flexibility index (Phi) is 6.16. The molecule has 3 N–H and O–H groups in total. The molecule has 2 aromatic carbocycles. The number of alkyl halides is 3. The van der Waals surface area contributed by atoms with Gasteiger partial charge in [0.15, 0.2) is 17.2 Å². The molecule has 2 heterocycles. The topological polar surface area (TPSA) is 106 Å². The van der Waals surface area contributed by atoms with Crippen LogP contribution in [0.25, 0.3) is 5.69 Å². The molecule has 0 atom stereocenters. The Bertz CT molecular complexity index is 1620. The zero-order valence-corrected chi connectivity index (χ0v) is 21.6. The van der Waals surface area contributed by atoms with Crippen LogP contribution >= 0.6 is 0 Å². The van der Waals surface area contributed by atoms with Crippen molar-refractivity contribution in [3.05, 3.63) is 75.7 Å². The molecule has 1 saturated heterocycles. The fourth-order valence-corrected chi connectivity index (χ4v) is 5.27. The van der Waals surface area contributed by atoms with Crippen molar-refractivity contribution in [1.82, 2.24) is 9.78 Å². The molecule has 1 amide bonds. The third kappa shape index (κ3) is 4.82. The van der Waals surface area contributed by atoms with E-state index in [-0.39, 0.29) is 40.9 Å². The number of carbonyl (C=O) groups excluding carboxylic acids is 1. The van der Waals surface area contributed by atoms with Crippen molar-refractivity contribution in [1.29, 1.82) is 0 Å². The number of hydrogen-bond donors (Lipinski definition) is 2. The maximum atomic E-state index is 14.4. The number of nitrogens with zero attached hydrogens (tertiary/aromatic N) is 4. The number of aliphatic imine (C=N–C) groups is 1. The Morgan fingerprint density at radius 2 is 1.71 bits per heavy atom. The summed E-state index contributed by atoms with van der Waals surface area (Å²) in [6, 6.07) is 8.09. The number of carbonyl (C=O) groups is 1. The molecule has 214 valence electrons. The van der Waals surface area contributed by atoms with Gasteiger partial charge in [-0.2, -0.15) is 23.0 Å². The van der Waals surface area contributed by atoms with Gasteiger partial charge in [0, 0.05) is 36.6 Å². The van der Waals surface area contributed by atoms with Crippen molar-refractivity contribution in [3.8, 4) is 5.69 Å². The fraction of sp³-hybridized carbons (Fsp3) is 0.357. The number of nitrogens with two attached hydrogens (primary N) is 1. The lowest BCUT2D eigenvalue weighted by atomic mass is 10.1. The second-order valence-corrected chi connectivity index (χ2v) is 10.9. The molecule has 2 saturated carbocycles. The molecule has 1 spiro atoms. The predicted molar refractivity (Wildman–Crippen MR) is 143 cm³/mol. The second kappa shape index (κ2) is 9.38. The number of para-hydroxylation sites is 1. The Balaban J connectivity index is 1.38. The summed E-state index contributed by atoms with van der Waals surface area (Å²) in [4.78, 5) is 31.6. The summed E-state index contributed by atoms with van der Waals surface area (Å²) >= 11 is 0. The van der Waals surface area contributed by atoms with Crippen molar-refractivity contribution in [2.45, 2.75) is 43.8 Å². The highest BCUT2D eigenvalue weighted by molar-refractivity contribution is 6.08. The van der Waals surface area contributed by atoms with E-state index in [0.717, 1.165) is 55.8 Å². The van der Waals surface area contributed by atoms with Gasteiger partial charge in [-0.05, 0) is 67.9 Å². The quantitative estimate of drug-likeness (QED) is 0.250. The number of anilines is 3. The van der Waals surface area contributed by atoms with E-state index in [4.69, 9.17) is 5.73 Å². The lowest BCUT2D eigenvalue weighted by Gasteiger charge is -2.26. The smallest absolute Gasteiger partial charge is 0.398 e. The van der Waals surface area contributed by atoms with Crippen molar-refractivity contribution in [3.63, 3.8) is 0 Å². The highest BCUT2D eigenvalue weighted by Gasteiger charge is 2.63. The van der Waals surface area contributed by atoms with Crippen LogP contribution in [0.4, 0.5) is 39.0 Å². The van der Waals surface area contributed by atoms with Crippen LogP contribution < -0.4 is 21.5 Å². The lowest BCUT2D eigenvalue weighted by molar-refractivity contribution is -0.155. The Hall–Kier alpha value is -4.29. The fourth-order valence-electron chi connectivity index (χ4n) is 5.27. The molecule has 6 rings (SSSR count).